The number of amides is 1. The Balaban J connectivity index is 1.86. The second-order valence-electron chi connectivity index (χ2n) is 6.52. The quantitative estimate of drug-likeness (QED) is 0.701. The Labute approximate surface area is 158 Å². The lowest BCUT2D eigenvalue weighted by Crippen LogP contribution is -2.42. The van der Waals surface area contributed by atoms with Crippen molar-refractivity contribution in [3.05, 3.63) is 54.3 Å². The SMILES string of the molecule is Cc1cc(NC(=O)CN(C(C)C)S(=O)(=O)c2ccc3ccccc3c2)no1. The predicted octanol–water partition coefficient (Wildman–Crippen LogP) is 3.17. The molecule has 0 saturated heterocycles. The molecule has 0 spiro atoms. The first-order chi connectivity index (χ1) is 12.8. The molecule has 0 bridgehead atoms. The summed E-state index contributed by atoms with van der Waals surface area (Å²) in [6, 6.07) is 13.6. The van der Waals surface area contributed by atoms with Gasteiger partial charge in [-0.2, -0.15) is 4.31 Å². The van der Waals surface area contributed by atoms with E-state index in [1.165, 1.54) is 4.31 Å². The van der Waals surface area contributed by atoms with E-state index in [9.17, 15) is 13.2 Å². The highest BCUT2D eigenvalue weighted by atomic mass is 32.2. The van der Waals surface area contributed by atoms with Gasteiger partial charge in [-0.1, -0.05) is 35.5 Å². The monoisotopic (exact) mass is 387 g/mol. The molecule has 3 aromatic rings. The first kappa shape index (κ1) is 19.1. The minimum absolute atomic E-state index is 0.153. The minimum Gasteiger partial charge on any atom is -0.360 e. The molecule has 0 unspecified atom stereocenters. The molecule has 1 N–H and O–H groups in total. The van der Waals surface area contributed by atoms with Crippen LogP contribution in [0.15, 0.2) is 57.9 Å². The number of carbonyl (C=O) groups is 1. The Morgan fingerprint density at radius 2 is 1.85 bits per heavy atom. The maximum Gasteiger partial charge on any atom is 0.243 e. The summed E-state index contributed by atoms with van der Waals surface area (Å²) in [4.78, 5) is 12.5. The third kappa shape index (κ3) is 4.17. The van der Waals surface area contributed by atoms with Gasteiger partial charge in [0.15, 0.2) is 5.82 Å². The van der Waals surface area contributed by atoms with Gasteiger partial charge in [0.2, 0.25) is 15.9 Å². The summed E-state index contributed by atoms with van der Waals surface area (Å²) in [5, 5.41) is 8.01. The number of hydrogen-bond donors (Lipinski definition) is 1. The zero-order chi connectivity index (χ0) is 19.6. The first-order valence-electron chi connectivity index (χ1n) is 8.51. The number of aryl methyl sites for hydroxylation is 1. The van der Waals surface area contributed by atoms with E-state index < -0.39 is 22.0 Å². The Kier molecular flexibility index (Phi) is 5.29. The largest absolute Gasteiger partial charge is 0.360 e. The van der Waals surface area contributed by atoms with Crippen molar-refractivity contribution in [2.45, 2.75) is 31.7 Å². The minimum atomic E-state index is -3.85. The van der Waals surface area contributed by atoms with E-state index >= 15 is 0 Å². The lowest BCUT2D eigenvalue weighted by Gasteiger charge is -2.25. The van der Waals surface area contributed by atoms with Crippen LogP contribution in [0.25, 0.3) is 10.8 Å². The molecular weight excluding hydrogens is 366 g/mol. The highest BCUT2D eigenvalue weighted by Crippen LogP contribution is 2.23. The third-order valence-electron chi connectivity index (χ3n) is 4.10. The lowest BCUT2D eigenvalue weighted by molar-refractivity contribution is -0.116. The van der Waals surface area contributed by atoms with Crippen LogP contribution in [-0.4, -0.2) is 36.4 Å². The van der Waals surface area contributed by atoms with E-state index in [2.05, 4.69) is 10.5 Å². The van der Waals surface area contributed by atoms with E-state index in [1.54, 1.807) is 45.0 Å². The molecule has 8 heteroatoms. The topological polar surface area (TPSA) is 92.5 Å². The molecule has 142 valence electrons. The Morgan fingerprint density at radius 3 is 2.48 bits per heavy atom. The van der Waals surface area contributed by atoms with Crippen molar-refractivity contribution in [2.24, 2.45) is 0 Å². The Hall–Kier alpha value is -2.71. The maximum absolute atomic E-state index is 13.1. The number of sulfonamides is 1. The summed E-state index contributed by atoms with van der Waals surface area (Å²) in [5.74, 6) is 0.320. The van der Waals surface area contributed by atoms with E-state index in [0.717, 1.165) is 10.8 Å². The standard InChI is InChI=1S/C19H21N3O4S/c1-13(2)22(12-19(23)20-18-10-14(3)26-21-18)27(24,25)17-9-8-15-6-4-5-7-16(15)11-17/h4-11,13H,12H2,1-3H3,(H,20,21,23). The first-order valence-corrected chi connectivity index (χ1v) is 9.95. The molecule has 2 aromatic carbocycles. The molecule has 0 radical (unpaired) electrons. The maximum atomic E-state index is 13.1. The molecule has 1 aromatic heterocycles. The van der Waals surface area contributed by atoms with Crippen molar-refractivity contribution in [1.82, 2.24) is 9.46 Å². The third-order valence-corrected chi connectivity index (χ3v) is 6.12. The number of aromatic nitrogens is 1. The fraction of sp³-hybridized carbons (Fsp3) is 0.263. The summed E-state index contributed by atoms with van der Waals surface area (Å²) in [7, 11) is -3.85. The summed E-state index contributed by atoms with van der Waals surface area (Å²) in [6.07, 6.45) is 0. The molecule has 27 heavy (non-hydrogen) atoms. The number of benzene rings is 2. The second-order valence-corrected chi connectivity index (χ2v) is 8.41. The van der Waals surface area contributed by atoms with Gasteiger partial charge in [-0.25, -0.2) is 8.42 Å². The van der Waals surface area contributed by atoms with Gasteiger partial charge >= 0.3 is 0 Å². The zero-order valence-corrected chi connectivity index (χ0v) is 16.2. The molecule has 3 rings (SSSR count). The smallest absolute Gasteiger partial charge is 0.243 e. The fourth-order valence-corrected chi connectivity index (χ4v) is 4.39. The van der Waals surface area contributed by atoms with Crippen LogP contribution in [0.4, 0.5) is 5.82 Å². The molecule has 0 fully saturated rings. The predicted molar refractivity (Wildman–Crippen MR) is 103 cm³/mol. The molecule has 1 heterocycles. The average molecular weight is 387 g/mol. The van der Waals surface area contributed by atoms with Crippen molar-refractivity contribution < 1.29 is 17.7 Å². The number of fused-ring (bicyclic) bond motifs is 1. The van der Waals surface area contributed by atoms with E-state index in [-0.39, 0.29) is 17.3 Å². The van der Waals surface area contributed by atoms with Crippen LogP contribution in [0.2, 0.25) is 0 Å². The van der Waals surface area contributed by atoms with Gasteiger partial charge in [0.25, 0.3) is 0 Å². The van der Waals surface area contributed by atoms with Gasteiger partial charge in [-0.15, -0.1) is 0 Å². The number of rotatable bonds is 6. The Bertz CT molecular complexity index is 1070. The van der Waals surface area contributed by atoms with Gasteiger partial charge in [0, 0.05) is 12.1 Å². The van der Waals surface area contributed by atoms with Crippen LogP contribution < -0.4 is 5.32 Å². The van der Waals surface area contributed by atoms with Gasteiger partial charge < -0.3 is 9.84 Å². The highest BCUT2D eigenvalue weighted by molar-refractivity contribution is 7.89. The average Bonchev–Trinajstić information content (AvgIpc) is 3.03. The van der Waals surface area contributed by atoms with Crippen molar-refractivity contribution in [1.29, 1.82) is 0 Å². The van der Waals surface area contributed by atoms with E-state index in [0.29, 0.717) is 5.76 Å². The van der Waals surface area contributed by atoms with Crippen LogP contribution in [0.1, 0.15) is 19.6 Å². The van der Waals surface area contributed by atoms with Crippen LogP contribution in [0.3, 0.4) is 0 Å². The van der Waals surface area contributed by atoms with Crippen LogP contribution >= 0.6 is 0 Å². The number of anilines is 1. The zero-order valence-electron chi connectivity index (χ0n) is 15.3. The Morgan fingerprint density at radius 1 is 1.15 bits per heavy atom. The lowest BCUT2D eigenvalue weighted by atomic mass is 10.1. The molecule has 1 amide bonds. The molecule has 7 nitrogen and oxygen atoms in total. The second kappa shape index (κ2) is 7.50. The number of hydrogen-bond acceptors (Lipinski definition) is 5. The van der Waals surface area contributed by atoms with Crippen molar-refractivity contribution in [3.8, 4) is 0 Å². The van der Waals surface area contributed by atoms with Gasteiger partial charge in [-0.05, 0) is 43.7 Å². The fourth-order valence-electron chi connectivity index (χ4n) is 2.76. The summed E-state index contributed by atoms with van der Waals surface area (Å²) < 4.78 is 32.3. The summed E-state index contributed by atoms with van der Waals surface area (Å²) >= 11 is 0. The van der Waals surface area contributed by atoms with Crippen LogP contribution in [0, 0.1) is 6.92 Å². The summed E-state index contributed by atoms with van der Waals surface area (Å²) in [5.41, 5.74) is 0. The van der Waals surface area contributed by atoms with Crippen LogP contribution in [-0.2, 0) is 14.8 Å². The van der Waals surface area contributed by atoms with Crippen molar-refractivity contribution >= 4 is 32.5 Å². The van der Waals surface area contributed by atoms with Gasteiger partial charge in [0.1, 0.15) is 5.76 Å². The van der Waals surface area contributed by atoms with E-state index in [1.807, 2.05) is 24.3 Å². The molecule has 0 aliphatic heterocycles. The van der Waals surface area contributed by atoms with Gasteiger partial charge in [0.05, 0.1) is 11.4 Å². The summed E-state index contributed by atoms with van der Waals surface area (Å²) in [6.45, 7) is 4.84. The molecule has 0 atom stereocenters. The number of nitrogens with one attached hydrogen (secondary N) is 1. The molecule has 0 saturated carbocycles. The van der Waals surface area contributed by atoms with E-state index in [4.69, 9.17) is 4.52 Å². The number of carbonyl (C=O) groups excluding carboxylic acids is 1. The van der Waals surface area contributed by atoms with Crippen molar-refractivity contribution in [3.63, 3.8) is 0 Å². The molecular formula is C19H21N3O4S. The van der Waals surface area contributed by atoms with Crippen molar-refractivity contribution in [2.75, 3.05) is 11.9 Å². The highest BCUT2D eigenvalue weighted by Gasteiger charge is 2.29. The molecule has 0 aliphatic rings. The van der Waals surface area contributed by atoms with Crippen LogP contribution in [0.5, 0.6) is 0 Å². The van der Waals surface area contributed by atoms with Gasteiger partial charge in [-0.3, -0.25) is 4.79 Å². The normalized spacial score (nSPS) is 12.0. The molecule has 0 aliphatic carbocycles. The number of nitrogens with zero attached hydrogens (tertiary/aromatic N) is 2.